The van der Waals surface area contributed by atoms with E-state index in [0.29, 0.717) is 0 Å². The van der Waals surface area contributed by atoms with Crippen LogP contribution in [-0.4, -0.2) is 33.8 Å². The Labute approximate surface area is 116 Å². The number of carboxylic acid groups (broad SMARTS) is 1. The van der Waals surface area contributed by atoms with Crippen LogP contribution < -0.4 is 5.32 Å². The van der Waals surface area contributed by atoms with Crippen molar-refractivity contribution in [1.82, 2.24) is 10.3 Å². The molecule has 0 aliphatic rings. The molecule has 20 heavy (non-hydrogen) atoms. The van der Waals surface area contributed by atoms with Gasteiger partial charge in [0.25, 0.3) is 0 Å². The lowest BCUT2D eigenvalue weighted by atomic mass is 10.3. The lowest BCUT2D eigenvalue weighted by Gasteiger charge is -2.13. The van der Waals surface area contributed by atoms with Crippen LogP contribution in [0.2, 0.25) is 0 Å². The van der Waals surface area contributed by atoms with E-state index in [2.05, 4.69) is 10.3 Å². The molecule has 0 saturated heterocycles. The fourth-order valence-electron chi connectivity index (χ4n) is 1.25. The number of nitrogens with zero attached hydrogens (tertiary/aromatic N) is 1. The van der Waals surface area contributed by atoms with Gasteiger partial charge in [0, 0.05) is 18.9 Å². The number of alkyl halides is 3. The summed E-state index contributed by atoms with van der Waals surface area (Å²) >= 11 is 0.822. The molecule has 0 aliphatic heterocycles. The molecule has 0 saturated carbocycles. The maximum atomic E-state index is 12.5. The average molecular weight is 308 g/mol. The van der Waals surface area contributed by atoms with E-state index >= 15 is 0 Å². The van der Waals surface area contributed by atoms with Crippen molar-refractivity contribution in [3.63, 3.8) is 0 Å². The van der Waals surface area contributed by atoms with Crippen LogP contribution in [0.15, 0.2) is 23.4 Å². The number of hydrogen-bond donors (Lipinski definition) is 2. The molecule has 0 bridgehead atoms. The molecule has 9 heteroatoms. The lowest BCUT2D eigenvalue weighted by molar-refractivity contribution is -0.140. The fourth-order valence-corrected chi connectivity index (χ4v) is 2.16. The van der Waals surface area contributed by atoms with E-state index in [1.807, 2.05) is 0 Å². The van der Waals surface area contributed by atoms with E-state index in [9.17, 15) is 22.8 Å². The predicted octanol–water partition coefficient (Wildman–Crippen LogP) is 1.78. The smallest absolute Gasteiger partial charge is 0.416 e. The van der Waals surface area contributed by atoms with Gasteiger partial charge in [-0.05, 0) is 12.1 Å². The lowest BCUT2D eigenvalue weighted by Crippen LogP contribution is -2.41. The summed E-state index contributed by atoms with van der Waals surface area (Å²) in [6.07, 6.45) is -3.48. The molecule has 1 aromatic heterocycles. The van der Waals surface area contributed by atoms with E-state index in [-0.39, 0.29) is 10.8 Å². The first kappa shape index (κ1) is 16.3. The number of aromatic nitrogens is 1. The Morgan fingerprint density at radius 1 is 1.50 bits per heavy atom. The Morgan fingerprint density at radius 2 is 2.15 bits per heavy atom. The second-order valence-corrected chi connectivity index (χ2v) is 4.82. The number of carbonyl (C=O) groups excluding carboxylic acids is 1. The topological polar surface area (TPSA) is 79.3 Å². The highest BCUT2D eigenvalue weighted by Gasteiger charge is 2.30. The Hall–Kier alpha value is -1.77. The van der Waals surface area contributed by atoms with Crippen LogP contribution in [0.5, 0.6) is 0 Å². The summed E-state index contributed by atoms with van der Waals surface area (Å²) in [6.45, 7) is 1.16. The number of rotatable bonds is 5. The van der Waals surface area contributed by atoms with Gasteiger partial charge in [0.15, 0.2) is 0 Å². The zero-order valence-corrected chi connectivity index (χ0v) is 11.1. The number of hydrogen-bond acceptors (Lipinski definition) is 4. The summed E-state index contributed by atoms with van der Waals surface area (Å²) in [5.74, 6) is -1.92. The molecular weight excluding hydrogens is 297 g/mol. The van der Waals surface area contributed by atoms with Gasteiger partial charge in [-0.15, -0.1) is 11.8 Å². The van der Waals surface area contributed by atoms with E-state index in [4.69, 9.17) is 5.11 Å². The summed E-state index contributed by atoms with van der Waals surface area (Å²) < 4.78 is 37.4. The predicted molar refractivity (Wildman–Crippen MR) is 65.2 cm³/mol. The minimum Gasteiger partial charge on any atom is -0.480 e. The van der Waals surface area contributed by atoms with E-state index in [0.717, 1.165) is 37.0 Å². The summed E-state index contributed by atoms with van der Waals surface area (Å²) in [5.41, 5.74) is -0.860. The van der Waals surface area contributed by atoms with Gasteiger partial charge in [-0.25, -0.2) is 9.78 Å². The van der Waals surface area contributed by atoms with Crippen molar-refractivity contribution >= 4 is 23.6 Å². The molecule has 1 aromatic rings. The summed E-state index contributed by atoms with van der Waals surface area (Å²) in [5, 5.41) is 11.1. The van der Waals surface area contributed by atoms with Crippen LogP contribution >= 0.6 is 11.8 Å². The summed E-state index contributed by atoms with van der Waals surface area (Å²) in [6, 6.07) is 0.470. The summed E-state index contributed by atoms with van der Waals surface area (Å²) in [4.78, 5) is 25.4. The van der Waals surface area contributed by atoms with Gasteiger partial charge in [-0.3, -0.25) is 4.79 Å². The van der Waals surface area contributed by atoms with Crippen LogP contribution in [0.3, 0.4) is 0 Å². The highest BCUT2D eigenvalue weighted by Crippen LogP contribution is 2.30. The first-order chi connectivity index (χ1) is 9.20. The van der Waals surface area contributed by atoms with Crippen molar-refractivity contribution in [1.29, 1.82) is 0 Å². The van der Waals surface area contributed by atoms with Crippen LogP contribution in [0.25, 0.3) is 0 Å². The van der Waals surface area contributed by atoms with E-state index in [1.54, 1.807) is 0 Å². The van der Waals surface area contributed by atoms with Gasteiger partial charge in [0.1, 0.15) is 6.04 Å². The molecule has 1 amide bonds. The Bertz CT molecular complexity index is 508. The third-order valence-electron chi connectivity index (χ3n) is 2.14. The van der Waals surface area contributed by atoms with Crippen molar-refractivity contribution in [2.24, 2.45) is 0 Å². The minimum absolute atomic E-state index is 0.0384. The molecule has 0 radical (unpaired) electrons. The molecule has 0 spiro atoms. The van der Waals surface area contributed by atoms with E-state index < -0.39 is 29.7 Å². The van der Waals surface area contributed by atoms with Gasteiger partial charge in [-0.2, -0.15) is 13.2 Å². The van der Waals surface area contributed by atoms with Gasteiger partial charge in [-0.1, -0.05) is 0 Å². The summed E-state index contributed by atoms with van der Waals surface area (Å²) in [7, 11) is 0. The van der Waals surface area contributed by atoms with Crippen molar-refractivity contribution in [2.75, 3.05) is 5.75 Å². The minimum atomic E-state index is -4.48. The normalized spacial score (nSPS) is 12.8. The number of amides is 1. The van der Waals surface area contributed by atoms with Gasteiger partial charge < -0.3 is 10.4 Å². The van der Waals surface area contributed by atoms with Crippen molar-refractivity contribution in [3.8, 4) is 0 Å². The standard InChI is InChI=1S/C11H11F3N2O3S/c1-6(17)16-8(10(18)19)5-20-9-4-7(2-3-15-9)11(12,13)14/h2-4,8H,5H2,1H3,(H,16,17)(H,18,19)/t8-/m0/s1. The Morgan fingerprint density at radius 3 is 2.65 bits per heavy atom. The number of pyridine rings is 1. The van der Waals surface area contributed by atoms with Crippen LogP contribution in [0.4, 0.5) is 13.2 Å². The number of nitrogens with one attached hydrogen (secondary N) is 1. The molecule has 0 fully saturated rings. The monoisotopic (exact) mass is 308 g/mol. The molecule has 110 valence electrons. The second-order valence-electron chi connectivity index (χ2n) is 3.78. The third kappa shape index (κ3) is 5.08. The van der Waals surface area contributed by atoms with Gasteiger partial charge in [0.05, 0.1) is 10.6 Å². The second kappa shape index (κ2) is 6.60. The van der Waals surface area contributed by atoms with E-state index in [1.165, 1.54) is 0 Å². The number of thioether (sulfide) groups is 1. The maximum absolute atomic E-state index is 12.5. The molecule has 2 N–H and O–H groups in total. The number of carbonyl (C=O) groups is 2. The zero-order valence-electron chi connectivity index (χ0n) is 10.3. The van der Waals surface area contributed by atoms with Crippen LogP contribution in [-0.2, 0) is 15.8 Å². The quantitative estimate of drug-likeness (QED) is 0.811. The number of carboxylic acids is 1. The molecule has 5 nitrogen and oxygen atoms in total. The molecule has 0 aliphatic carbocycles. The number of halogens is 3. The molecule has 0 aromatic carbocycles. The van der Waals surface area contributed by atoms with Crippen molar-refractivity contribution in [3.05, 3.63) is 23.9 Å². The largest absolute Gasteiger partial charge is 0.480 e. The maximum Gasteiger partial charge on any atom is 0.416 e. The van der Waals surface area contributed by atoms with Crippen molar-refractivity contribution in [2.45, 2.75) is 24.2 Å². The van der Waals surface area contributed by atoms with Crippen LogP contribution in [0.1, 0.15) is 12.5 Å². The fraction of sp³-hybridized carbons (Fsp3) is 0.364. The molecule has 1 rings (SSSR count). The van der Waals surface area contributed by atoms with Gasteiger partial charge in [0.2, 0.25) is 5.91 Å². The first-order valence-electron chi connectivity index (χ1n) is 5.36. The zero-order chi connectivity index (χ0) is 15.3. The Kier molecular flexibility index (Phi) is 5.37. The highest BCUT2D eigenvalue weighted by molar-refractivity contribution is 7.99. The third-order valence-corrected chi connectivity index (χ3v) is 3.15. The molecule has 1 heterocycles. The van der Waals surface area contributed by atoms with Crippen molar-refractivity contribution < 1.29 is 27.9 Å². The average Bonchev–Trinajstić information content (AvgIpc) is 2.33. The van der Waals surface area contributed by atoms with Crippen LogP contribution in [0, 0.1) is 0 Å². The molecule has 1 atom stereocenters. The molecule has 0 unspecified atom stereocenters. The van der Waals surface area contributed by atoms with Gasteiger partial charge >= 0.3 is 12.1 Å². The molecular formula is C11H11F3N2O3S. The Balaban J connectivity index is 2.73. The highest BCUT2D eigenvalue weighted by atomic mass is 32.2. The number of aliphatic carboxylic acids is 1. The SMILES string of the molecule is CC(=O)N[C@@H](CSc1cc(C(F)(F)F)ccn1)C(=O)O. The first-order valence-corrected chi connectivity index (χ1v) is 6.34.